The molecule has 0 saturated heterocycles. The summed E-state index contributed by atoms with van der Waals surface area (Å²) in [5.74, 6) is -0.634. The van der Waals surface area contributed by atoms with Crippen LogP contribution in [0.5, 0.6) is 11.5 Å². The van der Waals surface area contributed by atoms with Crippen LogP contribution in [0.1, 0.15) is 6.92 Å². The number of amides is 3. The third-order valence-corrected chi connectivity index (χ3v) is 2.68. The lowest BCUT2D eigenvalue weighted by molar-refractivity contribution is -0.163. The number of imide groups is 1. The van der Waals surface area contributed by atoms with E-state index < -0.39 is 30.1 Å². The molecule has 0 aliphatic carbocycles. The first-order valence-electron chi connectivity index (χ1n) is 6.16. The molecule has 3 amide bonds. The molecule has 1 heterocycles. The van der Waals surface area contributed by atoms with Crippen molar-refractivity contribution >= 4 is 17.9 Å². The molecular weight excluding hydrogens is 280 g/mol. The average Bonchev–Trinajstić information content (AvgIpc) is 2.45. The maximum absolute atomic E-state index is 11.9. The fourth-order valence-corrected chi connectivity index (χ4v) is 1.66. The number of nitrogens with two attached hydrogens (primary N) is 1. The van der Waals surface area contributed by atoms with Crippen molar-refractivity contribution in [3.05, 3.63) is 24.3 Å². The van der Waals surface area contributed by atoms with Crippen molar-refractivity contribution in [1.29, 1.82) is 0 Å². The molecule has 0 bridgehead atoms. The van der Waals surface area contributed by atoms with Crippen LogP contribution in [0.4, 0.5) is 4.79 Å². The fraction of sp³-hybridized carbons (Fsp3) is 0.308. The summed E-state index contributed by atoms with van der Waals surface area (Å²) in [6.07, 6.45) is -2.16. The van der Waals surface area contributed by atoms with Gasteiger partial charge < -0.3 is 19.9 Å². The molecule has 112 valence electrons. The van der Waals surface area contributed by atoms with Crippen LogP contribution in [0.15, 0.2) is 24.3 Å². The molecule has 0 fully saturated rings. The molecule has 0 spiro atoms. The molecule has 21 heavy (non-hydrogen) atoms. The van der Waals surface area contributed by atoms with Gasteiger partial charge in [0.15, 0.2) is 17.6 Å². The SMILES string of the molecule is C[C@@H](OC(=O)[C@@H]1COc2ccccc2O1)C(=O)NC(N)=O. The maximum Gasteiger partial charge on any atom is 0.351 e. The second kappa shape index (κ2) is 6.12. The molecule has 8 nitrogen and oxygen atoms in total. The van der Waals surface area contributed by atoms with E-state index in [1.54, 1.807) is 24.3 Å². The normalized spacial score (nSPS) is 17.5. The third kappa shape index (κ3) is 3.62. The van der Waals surface area contributed by atoms with E-state index in [1.165, 1.54) is 6.92 Å². The molecule has 1 aromatic carbocycles. The Kier molecular flexibility index (Phi) is 4.27. The largest absolute Gasteiger partial charge is 0.485 e. The second-order valence-corrected chi connectivity index (χ2v) is 4.30. The van der Waals surface area contributed by atoms with Crippen molar-refractivity contribution < 1.29 is 28.6 Å². The fourth-order valence-electron chi connectivity index (χ4n) is 1.66. The number of para-hydroxylation sites is 2. The highest BCUT2D eigenvalue weighted by Crippen LogP contribution is 2.31. The van der Waals surface area contributed by atoms with Crippen LogP contribution in [0.2, 0.25) is 0 Å². The predicted octanol–water partition coefficient (Wildman–Crippen LogP) is -0.0470. The highest BCUT2D eigenvalue weighted by atomic mass is 16.6. The highest BCUT2D eigenvalue weighted by molar-refractivity contribution is 5.96. The van der Waals surface area contributed by atoms with Crippen LogP contribution in [-0.4, -0.2) is 36.7 Å². The molecule has 1 aromatic rings. The topological polar surface area (TPSA) is 117 Å². The Morgan fingerprint density at radius 2 is 2.00 bits per heavy atom. The molecule has 3 N–H and O–H groups in total. The quantitative estimate of drug-likeness (QED) is 0.755. The molecule has 1 aliphatic heterocycles. The van der Waals surface area contributed by atoms with E-state index >= 15 is 0 Å². The average molecular weight is 294 g/mol. The van der Waals surface area contributed by atoms with Gasteiger partial charge in [-0.15, -0.1) is 0 Å². The van der Waals surface area contributed by atoms with Gasteiger partial charge in [0.1, 0.15) is 6.61 Å². The zero-order chi connectivity index (χ0) is 15.4. The van der Waals surface area contributed by atoms with E-state index in [2.05, 4.69) is 0 Å². The summed E-state index contributed by atoms with van der Waals surface area (Å²) in [6.45, 7) is 1.29. The van der Waals surface area contributed by atoms with Crippen molar-refractivity contribution in [2.24, 2.45) is 5.73 Å². The Hall–Kier alpha value is -2.77. The summed E-state index contributed by atoms with van der Waals surface area (Å²) in [6, 6.07) is 5.85. The monoisotopic (exact) mass is 294 g/mol. The van der Waals surface area contributed by atoms with Crippen molar-refractivity contribution in [2.45, 2.75) is 19.1 Å². The number of hydrogen-bond donors (Lipinski definition) is 2. The van der Waals surface area contributed by atoms with E-state index in [9.17, 15) is 14.4 Å². The lowest BCUT2D eigenvalue weighted by Crippen LogP contribution is -2.45. The number of carbonyl (C=O) groups excluding carboxylic acids is 3. The number of nitrogens with one attached hydrogen (secondary N) is 1. The van der Waals surface area contributed by atoms with Crippen molar-refractivity contribution in [3.8, 4) is 11.5 Å². The minimum Gasteiger partial charge on any atom is -0.485 e. The van der Waals surface area contributed by atoms with Crippen LogP contribution in [0, 0.1) is 0 Å². The standard InChI is InChI=1S/C13H14N2O6/c1-7(11(16)15-13(14)18)20-12(17)10-6-19-8-4-2-3-5-9(8)21-10/h2-5,7,10H,6H2,1H3,(H3,14,15,16,18)/t7-,10+/m1/s1. The van der Waals surface area contributed by atoms with Gasteiger partial charge in [0.05, 0.1) is 0 Å². The van der Waals surface area contributed by atoms with Gasteiger partial charge in [0.2, 0.25) is 6.10 Å². The van der Waals surface area contributed by atoms with Gasteiger partial charge in [-0.1, -0.05) is 12.1 Å². The van der Waals surface area contributed by atoms with Crippen LogP contribution < -0.4 is 20.5 Å². The smallest absolute Gasteiger partial charge is 0.351 e. The third-order valence-electron chi connectivity index (χ3n) is 2.68. The maximum atomic E-state index is 11.9. The number of ether oxygens (including phenoxy) is 3. The van der Waals surface area contributed by atoms with Gasteiger partial charge in [-0.25, -0.2) is 9.59 Å². The molecule has 0 aromatic heterocycles. The first-order chi connectivity index (χ1) is 9.97. The lowest BCUT2D eigenvalue weighted by Gasteiger charge is -2.25. The molecule has 0 radical (unpaired) electrons. The first-order valence-corrected chi connectivity index (χ1v) is 6.16. The lowest BCUT2D eigenvalue weighted by atomic mass is 10.2. The Bertz CT molecular complexity index is 574. The number of rotatable bonds is 3. The van der Waals surface area contributed by atoms with Crippen molar-refractivity contribution in [2.75, 3.05) is 6.61 Å². The Labute approximate surface area is 120 Å². The molecule has 0 saturated carbocycles. The van der Waals surface area contributed by atoms with Gasteiger partial charge >= 0.3 is 12.0 Å². The van der Waals surface area contributed by atoms with Gasteiger partial charge in [-0.2, -0.15) is 0 Å². The number of fused-ring (bicyclic) bond motifs is 1. The van der Waals surface area contributed by atoms with E-state index in [0.717, 1.165) is 0 Å². The van der Waals surface area contributed by atoms with Crippen molar-refractivity contribution in [3.63, 3.8) is 0 Å². The predicted molar refractivity (Wildman–Crippen MR) is 69.6 cm³/mol. The number of urea groups is 1. The molecule has 2 rings (SSSR count). The van der Waals surface area contributed by atoms with E-state index in [-0.39, 0.29) is 6.61 Å². The van der Waals surface area contributed by atoms with Gasteiger partial charge in [-0.05, 0) is 19.1 Å². The molecule has 1 aliphatic rings. The number of hydrogen-bond acceptors (Lipinski definition) is 6. The zero-order valence-electron chi connectivity index (χ0n) is 11.2. The number of carbonyl (C=O) groups is 3. The summed E-state index contributed by atoms with van der Waals surface area (Å²) < 4.78 is 15.7. The van der Waals surface area contributed by atoms with Crippen molar-refractivity contribution in [1.82, 2.24) is 5.32 Å². The second-order valence-electron chi connectivity index (χ2n) is 4.30. The van der Waals surface area contributed by atoms with Gasteiger partial charge in [0.25, 0.3) is 5.91 Å². The molecule has 8 heteroatoms. The molecular formula is C13H14N2O6. The van der Waals surface area contributed by atoms with Gasteiger partial charge in [0, 0.05) is 0 Å². The molecule has 2 atom stereocenters. The Morgan fingerprint density at radius 1 is 1.33 bits per heavy atom. The van der Waals surface area contributed by atoms with Crippen LogP contribution in [0.25, 0.3) is 0 Å². The zero-order valence-corrected chi connectivity index (χ0v) is 11.2. The first kappa shape index (κ1) is 14.6. The van der Waals surface area contributed by atoms with E-state index in [1.807, 2.05) is 5.32 Å². The Balaban J connectivity index is 1.93. The number of primary amides is 1. The summed E-state index contributed by atoms with van der Waals surface area (Å²) in [5, 5.41) is 1.82. The molecule has 0 unspecified atom stereocenters. The number of benzene rings is 1. The van der Waals surface area contributed by atoms with Crippen LogP contribution in [0.3, 0.4) is 0 Å². The summed E-state index contributed by atoms with van der Waals surface area (Å²) >= 11 is 0. The number of esters is 1. The van der Waals surface area contributed by atoms with Crippen LogP contribution >= 0.6 is 0 Å². The minimum atomic E-state index is -1.18. The summed E-state index contributed by atoms with van der Waals surface area (Å²) in [7, 11) is 0. The summed E-state index contributed by atoms with van der Waals surface area (Å²) in [5.41, 5.74) is 4.80. The Morgan fingerprint density at radius 3 is 2.67 bits per heavy atom. The summed E-state index contributed by atoms with van der Waals surface area (Å²) in [4.78, 5) is 33.8. The van der Waals surface area contributed by atoms with Crippen LogP contribution in [-0.2, 0) is 14.3 Å². The van der Waals surface area contributed by atoms with E-state index in [4.69, 9.17) is 19.9 Å². The highest BCUT2D eigenvalue weighted by Gasteiger charge is 2.31. The minimum absolute atomic E-state index is 0.0278. The van der Waals surface area contributed by atoms with E-state index in [0.29, 0.717) is 11.5 Å². The van der Waals surface area contributed by atoms with Gasteiger partial charge in [-0.3, -0.25) is 10.1 Å².